The van der Waals surface area contributed by atoms with Crippen molar-refractivity contribution in [2.24, 2.45) is 0 Å². The molecular formula is C20H20N4O2. The first-order chi connectivity index (χ1) is 12.8. The second-order valence-corrected chi connectivity index (χ2v) is 5.99. The number of ether oxygens (including phenoxy) is 2. The molecule has 0 aliphatic carbocycles. The highest BCUT2D eigenvalue weighted by Crippen LogP contribution is 2.34. The predicted octanol–water partition coefficient (Wildman–Crippen LogP) is 3.93. The number of hydrogen-bond acceptors (Lipinski definition) is 6. The van der Waals surface area contributed by atoms with Gasteiger partial charge in [-0.25, -0.2) is 9.97 Å². The summed E-state index contributed by atoms with van der Waals surface area (Å²) in [5.41, 5.74) is 3.43. The average Bonchev–Trinajstić information content (AvgIpc) is 3.12. The maximum Gasteiger partial charge on any atom is 0.162 e. The van der Waals surface area contributed by atoms with E-state index in [1.165, 1.54) is 11.3 Å². The molecule has 2 heterocycles. The number of methoxy groups -OCH3 is 2. The number of rotatable bonds is 5. The van der Waals surface area contributed by atoms with Crippen molar-refractivity contribution in [2.75, 3.05) is 31.0 Å². The van der Waals surface area contributed by atoms with Gasteiger partial charge in [0.15, 0.2) is 11.5 Å². The van der Waals surface area contributed by atoms with Crippen LogP contribution >= 0.6 is 0 Å². The SMILES string of the molecule is COc1ccc(Nc2cc(N3CCc4ccccc43)ncn2)cc1OC. The molecule has 2 aromatic carbocycles. The second-order valence-electron chi connectivity index (χ2n) is 5.99. The topological polar surface area (TPSA) is 59.5 Å². The first kappa shape index (κ1) is 16.2. The summed E-state index contributed by atoms with van der Waals surface area (Å²) in [5, 5.41) is 3.30. The molecule has 0 atom stereocenters. The number of nitrogens with zero attached hydrogens (tertiary/aromatic N) is 3. The van der Waals surface area contributed by atoms with E-state index >= 15 is 0 Å². The van der Waals surface area contributed by atoms with Crippen molar-refractivity contribution in [1.82, 2.24) is 9.97 Å². The van der Waals surface area contributed by atoms with Crippen LogP contribution in [0.2, 0.25) is 0 Å². The predicted molar refractivity (Wildman–Crippen MR) is 102 cm³/mol. The third kappa shape index (κ3) is 3.01. The lowest BCUT2D eigenvalue weighted by Gasteiger charge is -2.19. The number of nitrogens with one attached hydrogen (secondary N) is 1. The number of fused-ring (bicyclic) bond motifs is 1. The van der Waals surface area contributed by atoms with Gasteiger partial charge in [-0.2, -0.15) is 0 Å². The van der Waals surface area contributed by atoms with Crippen LogP contribution in [0.25, 0.3) is 0 Å². The van der Waals surface area contributed by atoms with E-state index in [4.69, 9.17) is 9.47 Å². The summed E-state index contributed by atoms with van der Waals surface area (Å²) >= 11 is 0. The third-order valence-electron chi connectivity index (χ3n) is 4.47. The molecule has 0 saturated heterocycles. The molecule has 1 aromatic heterocycles. The van der Waals surface area contributed by atoms with Gasteiger partial charge in [0.2, 0.25) is 0 Å². The summed E-state index contributed by atoms with van der Waals surface area (Å²) in [4.78, 5) is 11.0. The van der Waals surface area contributed by atoms with E-state index < -0.39 is 0 Å². The molecular weight excluding hydrogens is 328 g/mol. The van der Waals surface area contributed by atoms with Gasteiger partial charge in [0.05, 0.1) is 14.2 Å². The van der Waals surface area contributed by atoms with E-state index in [1.54, 1.807) is 20.5 Å². The molecule has 4 rings (SSSR count). The number of anilines is 4. The number of para-hydroxylation sites is 1. The van der Waals surface area contributed by atoms with E-state index in [0.717, 1.165) is 30.3 Å². The quantitative estimate of drug-likeness (QED) is 0.754. The lowest BCUT2D eigenvalue weighted by Crippen LogP contribution is -2.15. The Labute approximate surface area is 152 Å². The zero-order chi connectivity index (χ0) is 17.9. The molecule has 6 heteroatoms. The highest BCUT2D eigenvalue weighted by atomic mass is 16.5. The van der Waals surface area contributed by atoms with Crippen LogP contribution in [0.15, 0.2) is 54.9 Å². The summed E-state index contributed by atoms with van der Waals surface area (Å²) in [6.07, 6.45) is 2.61. The molecule has 0 unspecified atom stereocenters. The Hall–Kier alpha value is -3.28. The van der Waals surface area contributed by atoms with Crippen molar-refractivity contribution < 1.29 is 9.47 Å². The molecule has 26 heavy (non-hydrogen) atoms. The largest absolute Gasteiger partial charge is 0.493 e. The van der Waals surface area contributed by atoms with Crippen LogP contribution < -0.4 is 19.7 Å². The Balaban J connectivity index is 1.59. The maximum absolute atomic E-state index is 5.35. The fourth-order valence-corrected chi connectivity index (χ4v) is 3.20. The Bertz CT molecular complexity index is 929. The van der Waals surface area contributed by atoms with Gasteiger partial charge in [-0.15, -0.1) is 0 Å². The second kappa shape index (κ2) is 6.92. The minimum Gasteiger partial charge on any atom is -0.493 e. The fraction of sp³-hybridized carbons (Fsp3) is 0.200. The van der Waals surface area contributed by atoms with Gasteiger partial charge in [-0.1, -0.05) is 18.2 Å². The van der Waals surface area contributed by atoms with Gasteiger partial charge in [-0.3, -0.25) is 0 Å². The number of aromatic nitrogens is 2. The van der Waals surface area contributed by atoms with Crippen LogP contribution in [0.3, 0.4) is 0 Å². The lowest BCUT2D eigenvalue weighted by atomic mass is 10.2. The molecule has 1 aliphatic rings. The van der Waals surface area contributed by atoms with Crippen LogP contribution in [-0.4, -0.2) is 30.7 Å². The zero-order valence-corrected chi connectivity index (χ0v) is 14.8. The summed E-state index contributed by atoms with van der Waals surface area (Å²) in [7, 11) is 3.24. The lowest BCUT2D eigenvalue weighted by molar-refractivity contribution is 0.355. The van der Waals surface area contributed by atoms with Crippen molar-refractivity contribution in [3.63, 3.8) is 0 Å². The van der Waals surface area contributed by atoms with Crippen molar-refractivity contribution >= 4 is 23.0 Å². The fourth-order valence-electron chi connectivity index (χ4n) is 3.20. The monoisotopic (exact) mass is 348 g/mol. The average molecular weight is 348 g/mol. The van der Waals surface area contributed by atoms with E-state index in [-0.39, 0.29) is 0 Å². The van der Waals surface area contributed by atoms with Crippen LogP contribution in [0.1, 0.15) is 5.56 Å². The smallest absolute Gasteiger partial charge is 0.162 e. The van der Waals surface area contributed by atoms with E-state index in [0.29, 0.717) is 11.5 Å². The molecule has 1 N–H and O–H groups in total. The van der Waals surface area contributed by atoms with Crippen LogP contribution in [0, 0.1) is 0 Å². The summed E-state index contributed by atoms with van der Waals surface area (Å²) in [6.45, 7) is 0.923. The number of benzene rings is 2. The maximum atomic E-state index is 5.35. The highest BCUT2D eigenvalue weighted by molar-refractivity contribution is 5.70. The Morgan fingerprint density at radius 1 is 0.962 bits per heavy atom. The van der Waals surface area contributed by atoms with Crippen molar-refractivity contribution in [3.8, 4) is 11.5 Å². The standard InChI is InChI=1S/C20H20N4O2/c1-25-17-8-7-15(11-18(17)26-2)23-19-12-20(22-13-21-19)24-10-9-14-5-3-4-6-16(14)24/h3-8,11-13H,9-10H2,1-2H3,(H,21,22,23). The number of hydrogen-bond donors (Lipinski definition) is 1. The van der Waals surface area contributed by atoms with E-state index in [1.807, 2.05) is 24.3 Å². The highest BCUT2D eigenvalue weighted by Gasteiger charge is 2.21. The van der Waals surface area contributed by atoms with E-state index in [2.05, 4.69) is 44.5 Å². The molecule has 3 aromatic rings. The van der Waals surface area contributed by atoms with Crippen LogP contribution in [0.4, 0.5) is 23.0 Å². The van der Waals surface area contributed by atoms with Gasteiger partial charge in [-0.05, 0) is 30.2 Å². The molecule has 6 nitrogen and oxygen atoms in total. The molecule has 0 radical (unpaired) electrons. The molecule has 0 saturated carbocycles. The molecule has 1 aliphatic heterocycles. The molecule has 0 spiro atoms. The zero-order valence-electron chi connectivity index (χ0n) is 14.8. The van der Waals surface area contributed by atoms with Crippen LogP contribution in [-0.2, 0) is 6.42 Å². The summed E-state index contributed by atoms with van der Waals surface area (Å²) in [6, 6.07) is 16.1. The van der Waals surface area contributed by atoms with Gasteiger partial charge >= 0.3 is 0 Å². The van der Waals surface area contributed by atoms with Gasteiger partial charge in [0.1, 0.15) is 18.0 Å². The van der Waals surface area contributed by atoms with Crippen LogP contribution in [0.5, 0.6) is 11.5 Å². The molecule has 0 amide bonds. The molecule has 0 bridgehead atoms. The third-order valence-corrected chi connectivity index (χ3v) is 4.47. The van der Waals surface area contributed by atoms with Gasteiger partial charge in [0, 0.05) is 30.1 Å². The minimum atomic E-state index is 0.667. The molecule has 132 valence electrons. The Morgan fingerprint density at radius 2 is 1.81 bits per heavy atom. The van der Waals surface area contributed by atoms with Crippen molar-refractivity contribution in [1.29, 1.82) is 0 Å². The van der Waals surface area contributed by atoms with Gasteiger partial charge < -0.3 is 19.7 Å². The normalized spacial score (nSPS) is 12.6. The molecule has 0 fully saturated rings. The van der Waals surface area contributed by atoms with E-state index in [9.17, 15) is 0 Å². The summed E-state index contributed by atoms with van der Waals surface area (Å²) in [5.74, 6) is 2.97. The van der Waals surface area contributed by atoms with Crippen molar-refractivity contribution in [3.05, 3.63) is 60.4 Å². The Kier molecular flexibility index (Phi) is 4.31. The first-order valence-corrected chi connectivity index (χ1v) is 8.45. The summed E-state index contributed by atoms with van der Waals surface area (Å²) < 4.78 is 10.6. The van der Waals surface area contributed by atoms with Gasteiger partial charge in [0.25, 0.3) is 0 Å². The Morgan fingerprint density at radius 3 is 2.65 bits per heavy atom. The first-order valence-electron chi connectivity index (χ1n) is 8.45. The minimum absolute atomic E-state index is 0.667. The van der Waals surface area contributed by atoms with Crippen molar-refractivity contribution in [2.45, 2.75) is 6.42 Å².